The largest absolute Gasteiger partial charge is 0.372 e. The van der Waals surface area contributed by atoms with Crippen molar-refractivity contribution >= 4 is 35.1 Å². The zero-order valence-electron chi connectivity index (χ0n) is 14.7. The number of imide groups is 2. The molecule has 138 valence electrons. The number of rotatable bonds is 4. The highest BCUT2D eigenvalue weighted by atomic mass is 16.2. The van der Waals surface area contributed by atoms with E-state index in [0.717, 1.165) is 18.8 Å². The van der Waals surface area contributed by atoms with Crippen LogP contribution in [0.5, 0.6) is 0 Å². The standard InChI is InChI=1S/C18H22N4O4/c1-20-16(24)17(25)22(18(20)26)12-15(23)19-13-6-8-14(9-7-13)21-10-4-2-3-5-11-21/h6-9H,2-5,10-12H2,1H3,(H,19,23). The van der Waals surface area contributed by atoms with E-state index in [9.17, 15) is 19.2 Å². The first-order chi connectivity index (χ1) is 12.5. The molecule has 0 atom stereocenters. The maximum atomic E-state index is 12.1. The number of hydrogen-bond acceptors (Lipinski definition) is 5. The third kappa shape index (κ3) is 3.68. The average Bonchev–Trinajstić information content (AvgIpc) is 2.88. The average molecular weight is 358 g/mol. The first-order valence-corrected chi connectivity index (χ1v) is 8.76. The summed E-state index contributed by atoms with van der Waals surface area (Å²) in [6.07, 6.45) is 4.89. The molecule has 2 fully saturated rings. The van der Waals surface area contributed by atoms with Gasteiger partial charge in [0.1, 0.15) is 6.54 Å². The third-order valence-electron chi connectivity index (χ3n) is 4.67. The fourth-order valence-electron chi connectivity index (χ4n) is 3.18. The van der Waals surface area contributed by atoms with Gasteiger partial charge in [-0.25, -0.2) is 9.69 Å². The van der Waals surface area contributed by atoms with E-state index in [0.29, 0.717) is 15.5 Å². The monoisotopic (exact) mass is 358 g/mol. The van der Waals surface area contributed by atoms with Gasteiger partial charge in [0, 0.05) is 31.5 Å². The minimum Gasteiger partial charge on any atom is -0.372 e. The first-order valence-electron chi connectivity index (χ1n) is 8.76. The van der Waals surface area contributed by atoms with Crippen LogP contribution in [0.4, 0.5) is 16.2 Å². The Morgan fingerprint density at radius 2 is 1.58 bits per heavy atom. The molecule has 0 radical (unpaired) electrons. The summed E-state index contributed by atoms with van der Waals surface area (Å²) < 4.78 is 0. The van der Waals surface area contributed by atoms with Gasteiger partial charge in [0.05, 0.1) is 0 Å². The summed E-state index contributed by atoms with van der Waals surface area (Å²) in [5.41, 5.74) is 1.69. The molecule has 8 heteroatoms. The molecule has 1 aromatic rings. The number of anilines is 2. The van der Waals surface area contributed by atoms with Gasteiger partial charge in [0.2, 0.25) is 5.91 Å². The van der Waals surface area contributed by atoms with E-state index in [1.807, 2.05) is 12.1 Å². The van der Waals surface area contributed by atoms with Gasteiger partial charge in [-0.3, -0.25) is 19.3 Å². The Balaban J connectivity index is 1.58. The molecule has 0 spiro atoms. The quantitative estimate of drug-likeness (QED) is 0.649. The van der Waals surface area contributed by atoms with E-state index in [4.69, 9.17) is 0 Å². The van der Waals surface area contributed by atoms with Crippen molar-refractivity contribution in [3.63, 3.8) is 0 Å². The fraction of sp³-hybridized carbons (Fsp3) is 0.444. The van der Waals surface area contributed by atoms with Gasteiger partial charge in [-0.1, -0.05) is 12.8 Å². The lowest BCUT2D eigenvalue weighted by molar-refractivity contribution is -0.143. The number of nitrogens with one attached hydrogen (secondary N) is 1. The molecule has 2 saturated heterocycles. The van der Waals surface area contributed by atoms with Gasteiger partial charge in [0.15, 0.2) is 0 Å². The van der Waals surface area contributed by atoms with E-state index < -0.39 is 30.3 Å². The van der Waals surface area contributed by atoms with Crippen molar-refractivity contribution < 1.29 is 19.2 Å². The van der Waals surface area contributed by atoms with Crippen molar-refractivity contribution in [3.05, 3.63) is 24.3 Å². The molecule has 0 bridgehead atoms. The molecule has 8 nitrogen and oxygen atoms in total. The first kappa shape index (κ1) is 17.9. The fourth-order valence-corrected chi connectivity index (χ4v) is 3.18. The molecule has 26 heavy (non-hydrogen) atoms. The lowest BCUT2D eigenvalue weighted by Crippen LogP contribution is -2.38. The van der Waals surface area contributed by atoms with Crippen molar-refractivity contribution in [1.29, 1.82) is 0 Å². The highest BCUT2D eigenvalue weighted by molar-refractivity contribution is 6.44. The van der Waals surface area contributed by atoms with Crippen LogP contribution in [0, 0.1) is 0 Å². The summed E-state index contributed by atoms with van der Waals surface area (Å²) in [5.74, 6) is -2.44. The SMILES string of the molecule is CN1C(=O)C(=O)N(CC(=O)Nc2ccc(N3CCCCCC3)cc2)C1=O. The second-order valence-corrected chi connectivity index (χ2v) is 6.53. The Morgan fingerprint density at radius 1 is 0.962 bits per heavy atom. The normalized spacial score (nSPS) is 18.3. The smallest absolute Gasteiger partial charge is 0.334 e. The second kappa shape index (κ2) is 7.55. The highest BCUT2D eigenvalue weighted by Crippen LogP contribution is 2.21. The predicted octanol–water partition coefficient (Wildman–Crippen LogP) is 1.43. The number of hydrogen-bond donors (Lipinski definition) is 1. The molecular weight excluding hydrogens is 336 g/mol. The van der Waals surface area contributed by atoms with Crippen LogP contribution in [-0.4, -0.2) is 60.2 Å². The molecular formula is C18H22N4O4. The van der Waals surface area contributed by atoms with Crippen LogP contribution in [0.2, 0.25) is 0 Å². The summed E-state index contributed by atoms with van der Waals surface area (Å²) in [7, 11) is 1.21. The summed E-state index contributed by atoms with van der Waals surface area (Å²) in [6.45, 7) is 1.58. The molecule has 2 aliphatic heterocycles. The molecule has 1 N–H and O–H groups in total. The molecule has 0 aliphatic carbocycles. The molecule has 0 aromatic heterocycles. The van der Waals surface area contributed by atoms with Gasteiger partial charge in [-0.2, -0.15) is 0 Å². The molecule has 2 aliphatic rings. The van der Waals surface area contributed by atoms with Crippen LogP contribution < -0.4 is 10.2 Å². The summed E-state index contributed by atoms with van der Waals surface area (Å²) in [5, 5.41) is 2.65. The minimum atomic E-state index is -0.982. The maximum Gasteiger partial charge on any atom is 0.334 e. The van der Waals surface area contributed by atoms with E-state index in [-0.39, 0.29) is 0 Å². The van der Waals surface area contributed by atoms with Crippen LogP contribution in [0.15, 0.2) is 24.3 Å². The van der Waals surface area contributed by atoms with E-state index in [1.165, 1.54) is 32.7 Å². The summed E-state index contributed by atoms with van der Waals surface area (Å²) in [6, 6.07) is 6.70. The second-order valence-electron chi connectivity index (χ2n) is 6.53. The Hall–Kier alpha value is -2.90. The Kier molecular flexibility index (Phi) is 5.20. The van der Waals surface area contributed by atoms with Crippen molar-refractivity contribution in [1.82, 2.24) is 9.80 Å². The number of carbonyl (C=O) groups excluding carboxylic acids is 4. The van der Waals surface area contributed by atoms with Gasteiger partial charge in [0.25, 0.3) is 0 Å². The molecule has 0 unspecified atom stereocenters. The van der Waals surface area contributed by atoms with Crippen molar-refractivity contribution in [3.8, 4) is 0 Å². The summed E-state index contributed by atoms with van der Waals surface area (Å²) >= 11 is 0. The Labute approximate surface area is 151 Å². The predicted molar refractivity (Wildman–Crippen MR) is 95.6 cm³/mol. The van der Waals surface area contributed by atoms with Gasteiger partial charge in [-0.15, -0.1) is 0 Å². The van der Waals surface area contributed by atoms with E-state index >= 15 is 0 Å². The lowest BCUT2D eigenvalue weighted by Gasteiger charge is -2.22. The number of likely N-dealkylation sites (N-methyl/N-ethyl adjacent to an activating group) is 1. The number of urea groups is 1. The molecule has 0 saturated carbocycles. The molecule has 3 rings (SSSR count). The minimum absolute atomic E-state index is 0.485. The zero-order chi connectivity index (χ0) is 18.7. The Bertz CT molecular complexity index is 723. The van der Waals surface area contributed by atoms with Crippen molar-refractivity contribution in [2.45, 2.75) is 25.7 Å². The molecule has 2 heterocycles. The highest BCUT2D eigenvalue weighted by Gasteiger charge is 2.42. The third-order valence-corrected chi connectivity index (χ3v) is 4.67. The number of nitrogens with zero attached hydrogens (tertiary/aromatic N) is 3. The van der Waals surface area contributed by atoms with Crippen molar-refractivity contribution in [2.24, 2.45) is 0 Å². The van der Waals surface area contributed by atoms with Crippen LogP contribution in [-0.2, 0) is 14.4 Å². The maximum absolute atomic E-state index is 12.1. The Morgan fingerprint density at radius 3 is 2.12 bits per heavy atom. The lowest BCUT2D eigenvalue weighted by atomic mass is 10.2. The van der Waals surface area contributed by atoms with E-state index in [1.54, 1.807) is 12.1 Å². The topological polar surface area (TPSA) is 90.0 Å². The van der Waals surface area contributed by atoms with Crippen LogP contribution in [0.25, 0.3) is 0 Å². The van der Waals surface area contributed by atoms with Gasteiger partial charge >= 0.3 is 17.8 Å². The molecule has 5 amide bonds. The van der Waals surface area contributed by atoms with Crippen LogP contribution in [0.3, 0.4) is 0 Å². The number of benzene rings is 1. The number of amides is 5. The van der Waals surface area contributed by atoms with Gasteiger partial charge < -0.3 is 10.2 Å². The van der Waals surface area contributed by atoms with Gasteiger partial charge in [-0.05, 0) is 37.1 Å². The molecule has 1 aromatic carbocycles. The zero-order valence-corrected chi connectivity index (χ0v) is 14.7. The van der Waals surface area contributed by atoms with Crippen LogP contribution >= 0.6 is 0 Å². The van der Waals surface area contributed by atoms with E-state index in [2.05, 4.69) is 10.2 Å². The van der Waals surface area contributed by atoms with Crippen LogP contribution in [0.1, 0.15) is 25.7 Å². The number of carbonyl (C=O) groups is 4. The van der Waals surface area contributed by atoms with Crippen molar-refractivity contribution in [2.75, 3.05) is 36.9 Å². The summed E-state index contributed by atoms with van der Waals surface area (Å²) in [4.78, 5) is 50.7.